The van der Waals surface area contributed by atoms with Gasteiger partial charge in [-0.25, -0.2) is 4.79 Å². The fraction of sp³-hybridized carbons (Fsp3) is 0.643. The van der Waals surface area contributed by atoms with Crippen molar-refractivity contribution in [2.75, 3.05) is 0 Å². The van der Waals surface area contributed by atoms with Crippen molar-refractivity contribution in [2.24, 2.45) is 5.41 Å². The van der Waals surface area contributed by atoms with E-state index in [0.29, 0.717) is 30.7 Å². The molecule has 0 radical (unpaired) electrons. The number of hydroxylamine groups is 2. The third-order valence-electron chi connectivity index (χ3n) is 3.89. The Morgan fingerprint density at radius 2 is 2.00 bits per heavy atom. The fourth-order valence-electron chi connectivity index (χ4n) is 2.40. The van der Waals surface area contributed by atoms with Gasteiger partial charge in [0.05, 0.1) is 11.5 Å². The summed E-state index contributed by atoms with van der Waals surface area (Å²) in [6.07, 6.45) is 5.26. The van der Waals surface area contributed by atoms with Crippen molar-refractivity contribution in [3.63, 3.8) is 0 Å². The maximum Gasteiger partial charge on any atom is 0.339 e. The molecular weight excluding hydrogens is 262 g/mol. The van der Waals surface area contributed by atoms with Crippen molar-refractivity contribution >= 4 is 17.8 Å². The molecule has 1 aliphatic carbocycles. The zero-order valence-electron chi connectivity index (χ0n) is 11.5. The van der Waals surface area contributed by atoms with E-state index < -0.39 is 29.3 Å². The lowest BCUT2D eigenvalue weighted by Crippen LogP contribution is -2.39. The molecule has 2 atom stereocenters. The summed E-state index contributed by atoms with van der Waals surface area (Å²) in [5.74, 6) is -1.53. The van der Waals surface area contributed by atoms with E-state index in [0.717, 1.165) is 0 Å². The van der Waals surface area contributed by atoms with Crippen LogP contribution in [0.2, 0.25) is 0 Å². The van der Waals surface area contributed by atoms with Gasteiger partial charge in [-0.2, -0.15) is 0 Å². The van der Waals surface area contributed by atoms with Crippen LogP contribution >= 0.6 is 0 Å². The molecule has 1 fully saturated rings. The average molecular weight is 281 g/mol. The summed E-state index contributed by atoms with van der Waals surface area (Å²) < 4.78 is 0. The van der Waals surface area contributed by atoms with Crippen LogP contribution in [-0.4, -0.2) is 34.1 Å². The van der Waals surface area contributed by atoms with Crippen molar-refractivity contribution in [3.8, 4) is 0 Å². The first-order valence-corrected chi connectivity index (χ1v) is 6.85. The molecule has 2 rings (SSSR count). The Labute approximate surface area is 117 Å². The van der Waals surface area contributed by atoms with Gasteiger partial charge in [0.1, 0.15) is 0 Å². The number of amides is 2. The summed E-state index contributed by atoms with van der Waals surface area (Å²) in [5, 5.41) is 10.2. The number of hydrogen-bond acceptors (Lipinski definition) is 5. The van der Waals surface area contributed by atoms with Crippen LogP contribution in [0.25, 0.3) is 0 Å². The normalized spacial score (nSPS) is 32.7. The number of carbonyl (C=O) groups is 3. The molecule has 6 nitrogen and oxygen atoms in total. The van der Waals surface area contributed by atoms with Gasteiger partial charge in [-0.3, -0.25) is 9.59 Å². The van der Waals surface area contributed by atoms with Crippen LogP contribution in [0.4, 0.5) is 0 Å². The van der Waals surface area contributed by atoms with E-state index in [1.807, 2.05) is 6.08 Å². The van der Waals surface area contributed by atoms with Gasteiger partial charge in [-0.05, 0) is 32.6 Å². The van der Waals surface area contributed by atoms with E-state index in [1.54, 1.807) is 13.0 Å². The van der Waals surface area contributed by atoms with E-state index in [4.69, 9.17) is 4.84 Å². The highest BCUT2D eigenvalue weighted by atomic mass is 16.7. The lowest BCUT2D eigenvalue weighted by molar-refractivity contribution is -0.205. The largest absolute Gasteiger partial charge is 0.389 e. The number of imide groups is 1. The van der Waals surface area contributed by atoms with Crippen molar-refractivity contribution in [1.82, 2.24) is 5.06 Å². The number of nitrogens with zero attached hydrogens (tertiary/aromatic N) is 1. The molecule has 0 spiro atoms. The van der Waals surface area contributed by atoms with Gasteiger partial charge < -0.3 is 9.94 Å². The third-order valence-corrected chi connectivity index (χ3v) is 3.89. The first-order chi connectivity index (χ1) is 9.42. The first kappa shape index (κ1) is 14.7. The molecule has 0 bridgehead atoms. The summed E-state index contributed by atoms with van der Waals surface area (Å²) in [5.41, 5.74) is -0.797. The maximum atomic E-state index is 12.3. The monoisotopic (exact) mass is 281 g/mol. The maximum absolute atomic E-state index is 12.3. The van der Waals surface area contributed by atoms with Gasteiger partial charge >= 0.3 is 5.97 Å². The standard InChI is InChI=1S/C14H19NO5/c1-14(8-3-2-4-10(16)7-9-14)13(19)20-15-11(17)5-6-12(15)18/h2,4,10,16H,3,5-9H2,1H3/b4-2+. The molecule has 2 amide bonds. The number of hydrogen-bond donors (Lipinski definition) is 1. The molecule has 0 aromatic rings. The minimum Gasteiger partial charge on any atom is -0.389 e. The van der Waals surface area contributed by atoms with Crippen LogP contribution in [0.3, 0.4) is 0 Å². The summed E-state index contributed by atoms with van der Waals surface area (Å²) in [6.45, 7) is 1.74. The van der Waals surface area contributed by atoms with E-state index >= 15 is 0 Å². The summed E-state index contributed by atoms with van der Waals surface area (Å²) in [6, 6.07) is 0. The van der Waals surface area contributed by atoms with Gasteiger partial charge in [0.2, 0.25) is 0 Å². The lowest BCUT2D eigenvalue weighted by atomic mass is 9.79. The van der Waals surface area contributed by atoms with Gasteiger partial charge in [0, 0.05) is 12.8 Å². The Hall–Kier alpha value is -1.69. The number of aliphatic hydroxyl groups excluding tert-OH is 1. The number of rotatable bonds is 2. The topological polar surface area (TPSA) is 83.9 Å². The molecule has 110 valence electrons. The average Bonchev–Trinajstić information content (AvgIpc) is 2.71. The fourth-order valence-corrected chi connectivity index (χ4v) is 2.40. The molecular formula is C14H19NO5. The second-order valence-electron chi connectivity index (χ2n) is 5.59. The molecule has 1 heterocycles. The quantitative estimate of drug-likeness (QED) is 0.605. The second-order valence-corrected chi connectivity index (χ2v) is 5.59. The molecule has 2 unspecified atom stereocenters. The molecule has 0 aromatic heterocycles. The van der Waals surface area contributed by atoms with Crippen LogP contribution in [0.5, 0.6) is 0 Å². The summed E-state index contributed by atoms with van der Waals surface area (Å²) >= 11 is 0. The Bertz CT molecular complexity index is 442. The molecule has 20 heavy (non-hydrogen) atoms. The molecule has 0 aromatic carbocycles. The van der Waals surface area contributed by atoms with Crippen molar-refractivity contribution in [3.05, 3.63) is 12.2 Å². The van der Waals surface area contributed by atoms with Gasteiger partial charge in [-0.15, -0.1) is 5.06 Å². The Balaban J connectivity index is 2.04. The highest BCUT2D eigenvalue weighted by Gasteiger charge is 2.40. The highest BCUT2D eigenvalue weighted by Crippen LogP contribution is 2.34. The molecule has 1 saturated heterocycles. The zero-order chi connectivity index (χ0) is 14.8. The number of aliphatic hydroxyl groups is 1. The smallest absolute Gasteiger partial charge is 0.339 e. The Morgan fingerprint density at radius 1 is 1.35 bits per heavy atom. The Kier molecular flexibility index (Phi) is 4.23. The van der Waals surface area contributed by atoms with Crippen LogP contribution in [0.15, 0.2) is 12.2 Å². The molecule has 6 heteroatoms. The lowest BCUT2D eigenvalue weighted by Gasteiger charge is -2.29. The predicted octanol–water partition coefficient (Wildman–Crippen LogP) is 1.09. The van der Waals surface area contributed by atoms with E-state index in [1.165, 1.54) is 0 Å². The SMILES string of the molecule is CC1(C(=O)ON2C(=O)CCC2=O)CC/C=C/C(O)CC1. The highest BCUT2D eigenvalue weighted by molar-refractivity contribution is 6.01. The summed E-state index contributed by atoms with van der Waals surface area (Å²) in [4.78, 5) is 40.2. The van der Waals surface area contributed by atoms with Crippen molar-refractivity contribution in [1.29, 1.82) is 0 Å². The third kappa shape index (κ3) is 3.07. The van der Waals surface area contributed by atoms with E-state index in [-0.39, 0.29) is 12.8 Å². The van der Waals surface area contributed by atoms with E-state index in [2.05, 4.69) is 0 Å². The van der Waals surface area contributed by atoms with E-state index in [9.17, 15) is 19.5 Å². The van der Waals surface area contributed by atoms with Crippen molar-refractivity contribution < 1.29 is 24.3 Å². The molecule has 0 saturated carbocycles. The van der Waals surface area contributed by atoms with Crippen LogP contribution in [0, 0.1) is 5.41 Å². The minimum absolute atomic E-state index is 0.0876. The van der Waals surface area contributed by atoms with Crippen LogP contribution < -0.4 is 0 Å². The summed E-state index contributed by atoms with van der Waals surface area (Å²) in [7, 11) is 0. The van der Waals surface area contributed by atoms with Gasteiger partial charge in [0.15, 0.2) is 0 Å². The van der Waals surface area contributed by atoms with Gasteiger partial charge in [0.25, 0.3) is 11.8 Å². The van der Waals surface area contributed by atoms with Crippen LogP contribution in [-0.2, 0) is 19.2 Å². The minimum atomic E-state index is -0.797. The zero-order valence-corrected chi connectivity index (χ0v) is 11.5. The Morgan fingerprint density at radius 3 is 2.65 bits per heavy atom. The second kappa shape index (κ2) is 5.75. The van der Waals surface area contributed by atoms with Crippen molar-refractivity contribution in [2.45, 2.75) is 51.6 Å². The molecule has 1 aliphatic heterocycles. The van der Waals surface area contributed by atoms with Gasteiger partial charge in [-0.1, -0.05) is 12.2 Å². The molecule has 1 N–H and O–H groups in total. The number of carbonyl (C=O) groups excluding carboxylic acids is 3. The van der Waals surface area contributed by atoms with Crippen LogP contribution in [0.1, 0.15) is 45.4 Å². The first-order valence-electron chi connectivity index (χ1n) is 6.85. The number of allylic oxidation sites excluding steroid dienone is 1. The molecule has 2 aliphatic rings. The predicted molar refractivity (Wildman–Crippen MR) is 68.9 cm³/mol.